The summed E-state index contributed by atoms with van der Waals surface area (Å²) in [5.74, 6) is 0.518. The molecule has 16 rings (SSSR count). The minimum absolute atomic E-state index is 0.00949. The van der Waals surface area contributed by atoms with Crippen molar-refractivity contribution in [1.29, 1.82) is 0 Å². The van der Waals surface area contributed by atoms with Gasteiger partial charge in [0.25, 0.3) is 11.8 Å². The van der Waals surface area contributed by atoms with Crippen molar-refractivity contribution in [2.45, 2.75) is 60.5 Å². The van der Waals surface area contributed by atoms with Crippen LogP contribution in [0.4, 0.5) is 35.9 Å². The van der Waals surface area contributed by atoms with Crippen LogP contribution in [0.2, 0.25) is 5.02 Å². The van der Waals surface area contributed by atoms with Gasteiger partial charge >= 0.3 is 0 Å². The molecule has 0 amide bonds. The molecular weight excluding hydrogens is 1430 g/mol. The summed E-state index contributed by atoms with van der Waals surface area (Å²) in [5.41, 5.74) is 9.80. The summed E-state index contributed by atoms with van der Waals surface area (Å²) in [7, 11) is 3.17. The van der Waals surface area contributed by atoms with Crippen molar-refractivity contribution in [3.8, 4) is 74.2 Å². The molecule has 542 valence electrons. The Balaban J connectivity index is 0.000000126. The molecule has 0 bridgehead atoms. The van der Waals surface area contributed by atoms with Crippen molar-refractivity contribution in [2.75, 3.05) is 21.0 Å². The Hall–Kier alpha value is -13.1. The minimum atomic E-state index is -0.557. The van der Waals surface area contributed by atoms with Crippen molar-refractivity contribution >= 4 is 89.3 Å². The van der Waals surface area contributed by atoms with E-state index in [0.29, 0.717) is 95.2 Å². The molecule has 0 fully saturated rings. The largest absolute Gasteiger partial charge is 0.497 e. The third kappa shape index (κ3) is 14.5. The third-order valence-corrected chi connectivity index (χ3v) is 18.6. The van der Waals surface area contributed by atoms with Gasteiger partial charge in [-0.15, -0.1) is 31.0 Å². The number of benzene rings is 8. The zero-order valence-corrected chi connectivity index (χ0v) is 58.9. The Bertz CT molecular complexity index is 5930. The molecule has 27 nitrogen and oxygen atoms in total. The molecule has 8 heterocycles. The van der Waals surface area contributed by atoms with Crippen LogP contribution in [0, 0.1) is 64.8 Å². The van der Waals surface area contributed by atoms with E-state index in [9.17, 15) is 53.2 Å². The second-order valence-electron chi connectivity index (χ2n) is 24.5. The number of aromatic nitrogens is 9. The molecule has 0 unspecified atom stereocenters. The number of nitrogens with zero attached hydrogens (tertiary/aromatic N) is 13. The van der Waals surface area contributed by atoms with Crippen LogP contribution >= 0.6 is 22.9 Å². The molecule has 0 radical (unpaired) electrons. The quantitative estimate of drug-likeness (QED) is 0.0615. The van der Waals surface area contributed by atoms with Crippen molar-refractivity contribution < 1.29 is 61.6 Å². The fraction of sp³-hybridized carbons (Fsp3) is 0.160. The number of rotatable bonds is 17. The molecule has 107 heavy (non-hydrogen) atoms. The maximum absolute atomic E-state index is 13.9. The van der Waals surface area contributed by atoms with Crippen LogP contribution in [0.3, 0.4) is 0 Å². The highest BCUT2D eigenvalue weighted by Gasteiger charge is 2.27. The highest BCUT2D eigenvalue weighted by molar-refractivity contribution is 7.13. The number of methoxy groups -OCH3 is 2. The highest BCUT2D eigenvalue weighted by Crippen LogP contribution is 2.45. The zero-order valence-electron chi connectivity index (χ0n) is 57.3. The summed E-state index contributed by atoms with van der Waals surface area (Å²) in [5, 5.41) is 66.4. The summed E-state index contributed by atoms with van der Waals surface area (Å²) < 4.78 is 78.7. The molecule has 1 aliphatic heterocycles. The number of ether oxygens (including phenoxy) is 4. The average Bonchev–Trinajstić information content (AvgIpc) is 1.64. The van der Waals surface area contributed by atoms with Gasteiger partial charge < -0.3 is 66.7 Å². The number of aryl methyl sites for hydroxylation is 4. The molecular formula is C75H59ClF3N13O14S. The molecule has 4 N–H and O–H groups in total. The van der Waals surface area contributed by atoms with Crippen LogP contribution in [0.1, 0.15) is 50.7 Å². The molecule has 0 saturated heterocycles. The normalized spacial score (nSPS) is 11.7. The summed E-state index contributed by atoms with van der Waals surface area (Å²) in [6, 6.07) is 39.8. The highest BCUT2D eigenvalue weighted by atomic mass is 35.5. The molecule has 7 aromatic heterocycles. The smallest absolute Gasteiger partial charge is 0.261 e. The molecule has 0 aliphatic carbocycles. The number of aromatic hydroxyl groups is 4. The lowest BCUT2D eigenvalue weighted by atomic mass is 10.1. The molecule has 15 aromatic rings. The van der Waals surface area contributed by atoms with E-state index < -0.39 is 23.3 Å². The van der Waals surface area contributed by atoms with E-state index in [1.54, 1.807) is 53.7 Å². The second kappa shape index (κ2) is 30.7. The first-order chi connectivity index (χ1) is 51.7. The van der Waals surface area contributed by atoms with Crippen LogP contribution in [0.25, 0.3) is 77.1 Å². The Morgan fingerprint density at radius 3 is 1.60 bits per heavy atom. The van der Waals surface area contributed by atoms with Gasteiger partial charge in [-0.05, 0) is 169 Å². The zero-order chi connectivity index (χ0) is 75.5. The fourth-order valence-electron chi connectivity index (χ4n) is 12.8. The number of hydrogen-bond acceptors (Lipinski definition) is 24. The number of para-hydroxylation sites is 1. The van der Waals surface area contributed by atoms with E-state index in [0.717, 1.165) is 50.2 Å². The van der Waals surface area contributed by atoms with Gasteiger partial charge in [-0.25, -0.2) is 18.2 Å². The number of nitroso groups, excluding NO2 is 4. The molecule has 0 atom stereocenters. The second-order valence-corrected chi connectivity index (χ2v) is 25.7. The van der Waals surface area contributed by atoms with Crippen LogP contribution in [0.5, 0.6) is 40.8 Å². The monoisotopic (exact) mass is 1490 g/mol. The first kappa shape index (κ1) is 72.2. The predicted octanol–water partition coefficient (Wildman–Crippen LogP) is 18.6. The van der Waals surface area contributed by atoms with E-state index in [1.807, 2.05) is 99.8 Å². The SMILES string of the molecule is COc1ccc(-c2nc(Cn3c(O)c(N=O)c4cc(C)cc(C)c43)no2)cc1.COc1ccccc1-c1nc(Cn2c(O)c(N=O)c3cc(C)cc(C)c32)no1.O=Nc1c(O)n(Cc2cc(F)cc3c2OCOC3)c2ccc(F)cc12.O=Nc1c(O)n(Cc2csc(-c3ccc(Cl)cc3)n2)c2ccc(F)cc12. The van der Waals surface area contributed by atoms with E-state index >= 15 is 0 Å². The predicted molar refractivity (Wildman–Crippen MR) is 393 cm³/mol. The fourth-order valence-corrected chi connectivity index (χ4v) is 13.7. The van der Waals surface area contributed by atoms with Crippen molar-refractivity contribution in [2.24, 2.45) is 20.7 Å². The Labute approximate surface area is 611 Å². The van der Waals surface area contributed by atoms with E-state index in [4.69, 9.17) is 39.6 Å². The van der Waals surface area contributed by atoms with Crippen LogP contribution < -0.4 is 14.2 Å². The van der Waals surface area contributed by atoms with Crippen molar-refractivity contribution in [1.82, 2.24) is 43.5 Å². The van der Waals surface area contributed by atoms with Crippen LogP contribution in [-0.2, 0) is 37.5 Å². The summed E-state index contributed by atoms with van der Waals surface area (Å²) in [6.07, 6.45) is 0. The van der Waals surface area contributed by atoms with Gasteiger partial charge in [0.05, 0.1) is 80.3 Å². The average molecular weight is 1490 g/mol. The van der Waals surface area contributed by atoms with E-state index in [-0.39, 0.29) is 90.7 Å². The Kier molecular flexibility index (Phi) is 20.7. The lowest BCUT2D eigenvalue weighted by molar-refractivity contribution is -0.0173. The molecule has 8 aromatic carbocycles. The van der Waals surface area contributed by atoms with Gasteiger partial charge in [0.2, 0.25) is 23.5 Å². The summed E-state index contributed by atoms with van der Waals surface area (Å²) >= 11 is 7.36. The van der Waals surface area contributed by atoms with Gasteiger partial charge in [0.1, 0.15) is 39.7 Å². The Morgan fingerprint density at radius 2 is 1.05 bits per heavy atom. The van der Waals surface area contributed by atoms with E-state index in [1.165, 1.54) is 62.9 Å². The van der Waals surface area contributed by atoms with Gasteiger partial charge in [0.15, 0.2) is 41.2 Å². The third-order valence-electron chi connectivity index (χ3n) is 17.4. The van der Waals surface area contributed by atoms with Crippen molar-refractivity contribution in [3.05, 3.63) is 244 Å². The lowest BCUT2D eigenvalue weighted by Gasteiger charge is -2.21. The standard InChI is InChI=1S/2C20H18N4O4.C18H11ClFN3O2S.C17H12F2N2O4/c1-11-8-12(2)18-15(9-11)17(22-26)20(25)24(18)10-16-21-19(28-23-16)13-4-6-14(27-3)7-5-13;1-11-8-12(2)18-14(9-11)17(22-26)20(25)24(18)10-16-21-19(28-23-16)13-6-4-5-7-15(13)27-3;19-11-3-1-10(2-4-11)17-21-13(9-26-17)8-23-15-6-5-12(20)7-14(15)16(22-25)18(23)24;18-11-1-2-14-13(5-11)15(20-23)17(22)21(14)6-9-3-12(19)4-10-7-24-8-25-16(9)10/h2*4-9,25H,10H2,1-3H3;1-7,9,24H,8H2;1-5,22H,6-8H2. The summed E-state index contributed by atoms with van der Waals surface area (Å²) in [6.45, 7) is 8.44. The summed E-state index contributed by atoms with van der Waals surface area (Å²) in [4.78, 5) is 58.1. The van der Waals surface area contributed by atoms with Crippen LogP contribution in [0.15, 0.2) is 181 Å². The number of fused-ring (bicyclic) bond motifs is 5. The Morgan fingerprint density at radius 1 is 0.533 bits per heavy atom. The van der Waals surface area contributed by atoms with Gasteiger partial charge in [-0.1, -0.05) is 69.4 Å². The van der Waals surface area contributed by atoms with Crippen molar-refractivity contribution in [3.63, 3.8) is 0 Å². The maximum Gasteiger partial charge on any atom is 0.261 e. The molecule has 0 saturated carbocycles. The first-order valence-corrected chi connectivity index (χ1v) is 33.6. The number of thiazole rings is 1. The maximum atomic E-state index is 13.9. The number of hydrogen-bond donors (Lipinski definition) is 4. The lowest BCUT2D eigenvalue weighted by Crippen LogP contribution is -2.14. The molecule has 0 spiro atoms. The number of halogens is 4. The van der Waals surface area contributed by atoms with Gasteiger partial charge in [-0.2, -0.15) is 9.97 Å². The van der Waals surface area contributed by atoms with Gasteiger partial charge in [-0.3, -0.25) is 0 Å². The first-order valence-electron chi connectivity index (χ1n) is 32.3. The van der Waals surface area contributed by atoms with Gasteiger partial charge in [0, 0.05) is 54.2 Å². The molecule has 32 heteroatoms. The topological polar surface area (TPSA) is 346 Å². The minimum Gasteiger partial charge on any atom is -0.497 e. The van der Waals surface area contributed by atoms with Crippen LogP contribution in [-0.4, -0.2) is 85.0 Å². The molecule has 1 aliphatic rings. The van der Waals surface area contributed by atoms with E-state index in [2.05, 4.69) is 46.0 Å².